The number of alkyl halides is 3. The molecule has 0 fully saturated rings. The Hall–Kier alpha value is -4.75. The summed E-state index contributed by atoms with van der Waals surface area (Å²) >= 11 is 0. The molecule has 0 saturated carbocycles. The highest BCUT2D eigenvalue weighted by Gasteiger charge is 2.31. The van der Waals surface area contributed by atoms with E-state index < -0.39 is 35.9 Å². The second-order valence-corrected chi connectivity index (χ2v) is 8.87. The first-order chi connectivity index (χ1) is 18.4. The van der Waals surface area contributed by atoms with Crippen molar-refractivity contribution in [3.8, 4) is 22.6 Å². The van der Waals surface area contributed by atoms with Crippen LogP contribution in [0.25, 0.3) is 22.6 Å². The summed E-state index contributed by atoms with van der Waals surface area (Å²) in [5.41, 5.74) is 4.98. The van der Waals surface area contributed by atoms with E-state index in [1.807, 2.05) is 0 Å². The molecule has 0 spiro atoms. The summed E-state index contributed by atoms with van der Waals surface area (Å²) in [6, 6.07) is 9.25. The number of halogens is 4. The Bertz CT molecular complexity index is 1550. The van der Waals surface area contributed by atoms with Gasteiger partial charge in [-0.05, 0) is 37.6 Å². The maximum absolute atomic E-state index is 13.4. The summed E-state index contributed by atoms with van der Waals surface area (Å²) in [6.07, 6.45) is -4.52. The first-order valence-electron chi connectivity index (χ1n) is 11.6. The van der Waals surface area contributed by atoms with E-state index in [9.17, 15) is 27.2 Å². The Balaban J connectivity index is 1.59. The van der Waals surface area contributed by atoms with Crippen LogP contribution < -0.4 is 21.9 Å². The molecule has 0 bridgehead atoms. The highest BCUT2D eigenvalue weighted by Crippen LogP contribution is 2.34. The molecule has 0 aliphatic rings. The molecule has 0 unspecified atom stereocenters. The zero-order valence-electron chi connectivity index (χ0n) is 20.7. The zero-order valence-corrected chi connectivity index (χ0v) is 20.7. The van der Waals surface area contributed by atoms with Gasteiger partial charge >= 0.3 is 12.3 Å². The largest absolute Gasteiger partial charge is 0.416 e. The maximum atomic E-state index is 13.4. The molecule has 2 heterocycles. The second kappa shape index (κ2) is 10.9. The maximum Gasteiger partial charge on any atom is 0.416 e. The number of amides is 1. The third kappa shape index (κ3) is 6.58. The van der Waals surface area contributed by atoms with Crippen LogP contribution in [-0.2, 0) is 24.1 Å². The van der Waals surface area contributed by atoms with Crippen molar-refractivity contribution in [1.29, 1.82) is 0 Å². The van der Waals surface area contributed by atoms with Crippen molar-refractivity contribution in [2.24, 2.45) is 0 Å². The van der Waals surface area contributed by atoms with E-state index in [0.717, 1.165) is 16.7 Å². The van der Waals surface area contributed by atoms with Gasteiger partial charge in [0.2, 0.25) is 11.7 Å². The Kier molecular flexibility index (Phi) is 7.65. The molecule has 2 aromatic carbocycles. The molecular formula is C25H23F4N7O3. The highest BCUT2D eigenvalue weighted by molar-refractivity contribution is 5.77. The monoisotopic (exact) mass is 545 g/mol. The first-order valence-corrected chi connectivity index (χ1v) is 11.6. The minimum absolute atomic E-state index is 0.0149. The van der Waals surface area contributed by atoms with Gasteiger partial charge in [0.15, 0.2) is 5.82 Å². The van der Waals surface area contributed by atoms with Gasteiger partial charge in [-0.2, -0.15) is 18.2 Å². The molecule has 0 saturated heterocycles. The van der Waals surface area contributed by atoms with Gasteiger partial charge < -0.3 is 20.9 Å². The van der Waals surface area contributed by atoms with Crippen LogP contribution in [0.4, 0.5) is 29.1 Å². The Morgan fingerprint density at radius 2 is 1.85 bits per heavy atom. The van der Waals surface area contributed by atoms with Crippen LogP contribution in [0.15, 0.2) is 58.0 Å². The summed E-state index contributed by atoms with van der Waals surface area (Å²) < 4.78 is 58.5. The van der Waals surface area contributed by atoms with Gasteiger partial charge in [-0.15, -0.1) is 4.39 Å². The van der Waals surface area contributed by atoms with Crippen LogP contribution in [0.5, 0.6) is 0 Å². The number of nitrogen functional groups attached to an aromatic ring is 1. The summed E-state index contributed by atoms with van der Waals surface area (Å²) in [4.78, 5) is 33.6. The quantitative estimate of drug-likeness (QED) is 0.224. The van der Waals surface area contributed by atoms with Crippen LogP contribution >= 0.6 is 0 Å². The number of carbonyl (C=O) groups is 1. The summed E-state index contributed by atoms with van der Waals surface area (Å²) in [7, 11) is 0. The SMILES string of the molecule is CC(C)Nc1ncc(-c2cc(N)cc(C(F)(F)F)c2)n(CC(=O)NCc2ccc(-c3noc(F)n3)cc2)c1=O. The lowest BCUT2D eigenvalue weighted by Crippen LogP contribution is -2.35. The van der Waals surface area contributed by atoms with Crippen LogP contribution in [0.2, 0.25) is 0 Å². The molecular weight excluding hydrogens is 522 g/mol. The van der Waals surface area contributed by atoms with Crippen LogP contribution in [-0.4, -0.2) is 31.6 Å². The molecule has 14 heteroatoms. The van der Waals surface area contributed by atoms with Gasteiger partial charge in [-0.25, -0.2) is 4.98 Å². The molecule has 4 N–H and O–H groups in total. The molecule has 0 aliphatic heterocycles. The van der Waals surface area contributed by atoms with Crippen molar-refractivity contribution in [2.75, 3.05) is 11.1 Å². The minimum atomic E-state index is -4.67. The van der Waals surface area contributed by atoms with E-state index in [1.54, 1.807) is 38.1 Å². The average Bonchev–Trinajstić information content (AvgIpc) is 3.30. The predicted octanol–water partition coefficient (Wildman–Crippen LogP) is 3.84. The van der Waals surface area contributed by atoms with Gasteiger partial charge in [-0.1, -0.05) is 29.4 Å². The standard InChI is InChI=1S/C25H23F4N7O3/c1-13(2)33-22-23(38)36(19(11-32-22)16-7-17(25(27,28)29)9-18(30)8-16)12-20(37)31-10-14-3-5-15(6-4-14)21-34-24(26)39-35-21/h3-9,11,13H,10,12,30H2,1-2H3,(H,31,37)(H,32,33). The zero-order chi connectivity index (χ0) is 28.3. The van der Waals surface area contributed by atoms with Crippen molar-refractivity contribution < 1.29 is 26.9 Å². The van der Waals surface area contributed by atoms with Crippen LogP contribution in [0, 0.1) is 6.14 Å². The van der Waals surface area contributed by atoms with Gasteiger partial charge in [-0.3, -0.25) is 14.2 Å². The molecule has 204 valence electrons. The van der Waals surface area contributed by atoms with Gasteiger partial charge in [0.05, 0.1) is 17.5 Å². The molecule has 0 radical (unpaired) electrons. The van der Waals surface area contributed by atoms with E-state index in [4.69, 9.17) is 5.73 Å². The number of benzene rings is 2. The summed E-state index contributed by atoms with van der Waals surface area (Å²) in [5.74, 6) is -0.576. The topological polar surface area (TPSA) is 141 Å². The van der Waals surface area contributed by atoms with Crippen LogP contribution in [0.1, 0.15) is 25.0 Å². The molecule has 39 heavy (non-hydrogen) atoms. The normalized spacial score (nSPS) is 11.6. The Morgan fingerprint density at radius 1 is 1.13 bits per heavy atom. The number of aromatic nitrogens is 4. The molecule has 4 aromatic rings. The number of hydrogen-bond acceptors (Lipinski definition) is 8. The van der Waals surface area contributed by atoms with E-state index in [1.165, 1.54) is 12.3 Å². The van der Waals surface area contributed by atoms with Gasteiger partial charge in [0, 0.05) is 29.4 Å². The lowest BCUT2D eigenvalue weighted by Gasteiger charge is -2.17. The third-order valence-electron chi connectivity index (χ3n) is 5.46. The number of nitrogens with one attached hydrogen (secondary N) is 2. The molecule has 0 aliphatic carbocycles. The van der Waals surface area contributed by atoms with Crippen LogP contribution in [0.3, 0.4) is 0 Å². The summed E-state index contributed by atoms with van der Waals surface area (Å²) in [6.45, 7) is 3.13. The fraction of sp³-hybridized carbons (Fsp3) is 0.240. The molecule has 2 aromatic heterocycles. The number of hydrogen-bond donors (Lipinski definition) is 3. The third-order valence-corrected chi connectivity index (χ3v) is 5.46. The fourth-order valence-electron chi connectivity index (χ4n) is 3.70. The minimum Gasteiger partial charge on any atom is -0.399 e. The number of nitrogens with two attached hydrogens (primary N) is 1. The van der Waals surface area contributed by atoms with Crippen molar-refractivity contribution in [2.45, 2.75) is 39.2 Å². The predicted molar refractivity (Wildman–Crippen MR) is 134 cm³/mol. The number of rotatable bonds is 8. The number of carbonyl (C=O) groups excluding carboxylic acids is 1. The van der Waals surface area contributed by atoms with Crippen molar-refractivity contribution in [1.82, 2.24) is 25.0 Å². The van der Waals surface area contributed by atoms with E-state index >= 15 is 0 Å². The highest BCUT2D eigenvalue weighted by atomic mass is 19.4. The lowest BCUT2D eigenvalue weighted by molar-refractivity contribution is -0.137. The number of nitrogens with zero attached hydrogens (tertiary/aromatic N) is 4. The van der Waals surface area contributed by atoms with E-state index in [0.29, 0.717) is 11.1 Å². The van der Waals surface area contributed by atoms with Crippen molar-refractivity contribution in [3.63, 3.8) is 0 Å². The van der Waals surface area contributed by atoms with Crippen molar-refractivity contribution >= 4 is 17.4 Å². The second-order valence-electron chi connectivity index (χ2n) is 8.87. The lowest BCUT2D eigenvalue weighted by atomic mass is 10.1. The van der Waals surface area contributed by atoms with E-state index in [2.05, 4.69) is 30.3 Å². The molecule has 10 nitrogen and oxygen atoms in total. The molecule has 1 amide bonds. The average molecular weight is 545 g/mol. The Labute approximate surface area is 218 Å². The number of anilines is 2. The van der Waals surface area contributed by atoms with Gasteiger partial charge in [0.1, 0.15) is 6.54 Å². The Morgan fingerprint density at radius 3 is 2.46 bits per heavy atom. The smallest absolute Gasteiger partial charge is 0.399 e. The van der Waals surface area contributed by atoms with Crippen molar-refractivity contribution in [3.05, 3.63) is 76.3 Å². The summed E-state index contributed by atoms with van der Waals surface area (Å²) in [5, 5.41) is 9.02. The first kappa shape index (κ1) is 27.3. The van der Waals surface area contributed by atoms with E-state index in [-0.39, 0.29) is 41.2 Å². The fourth-order valence-corrected chi connectivity index (χ4v) is 3.70. The molecule has 0 atom stereocenters. The van der Waals surface area contributed by atoms with Gasteiger partial charge in [0.25, 0.3) is 5.56 Å². The molecule has 4 rings (SSSR count).